The van der Waals surface area contributed by atoms with E-state index in [1.54, 1.807) is 0 Å². The van der Waals surface area contributed by atoms with Crippen molar-refractivity contribution in [2.75, 3.05) is 37.8 Å². The van der Waals surface area contributed by atoms with Gasteiger partial charge in [-0.15, -0.1) is 11.8 Å². The number of aliphatic carboxylic acids is 1. The lowest BCUT2D eigenvalue weighted by Gasteiger charge is -2.30. The number of nitrogens with zero attached hydrogens (tertiary/aromatic N) is 4. The quantitative estimate of drug-likeness (QED) is 0.0260. The summed E-state index contributed by atoms with van der Waals surface area (Å²) in [6.45, 7) is 1.76. The van der Waals surface area contributed by atoms with Gasteiger partial charge >= 0.3 is 29.4 Å². The van der Waals surface area contributed by atoms with Crippen molar-refractivity contribution in [1.29, 1.82) is 0 Å². The monoisotopic (exact) mass is 929 g/mol. The molecule has 12 N–H and O–H groups in total. The zero-order chi connectivity index (χ0) is 43.9. The number of aromatic nitrogens is 4. The maximum absolute atomic E-state index is 12.7. The van der Waals surface area contributed by atoms with Crippen molar-refractivity contribution in [3.8, 4) is 0 Å². The fourth-order valence-electron chi connectivity index (χ4n) is 5.16. The first-order chi connectivity index (χ1) is 26.6. The van der Waals surface area contributed by atoms with Gasteiger partial charge in [0.1, 0.15) is 36.3 Å². The lowest BCUT2D eigenvalue weighted by molar-refractivity contribution is -0.142. The molecule has 2 aromatic rings. The number of nitrogens with one attached hydrogen (secondary N) is 2. The van der Waals surface area contributed by atoms with E-state index in [1.807, 2.05) is 0 Å². The van der Waals surface area contributed by atoms with E-state index in [9.17, 15) is 63.0 Å². The third kappa shape index (κ3) is 15.6. The number of phosphoric acid groups is 3. The molecule has 26 nitrogen and oxygen atoms in total. The van der Waals surface area contributed by atoms with Crippen LogP contribution in [0.15, 0.2) is 12.7 Å². The van der Waals surface area contributed by atoms with Gasteiger partial charge in [0.05, 0.1) is 31.6 Å². The van der Waals surface area contributed by atoms with Gasteiger partial charge in [-0.2, -0.15) is 16.9 Å². The molecule has 1 aliphatic heterocycles. The minimum atomic E-state index is -5.59. The number of carboxylic acid groups (broad SMARTS) is 1. The number of aliphatic hydroxyl groups excluding tert-OH is 2. The first kappa shape index (κ1) is 50.0. The molecule has 2 amide bonds. The molecule has 1 fully saturated rings. The fourth-order valence-corrected chi connectivity index (χ4v) is 9.67. The predicted molar refractivity (Wildman–Crippen MR) is 202 cm³/mol. The van der Waals surface area contributed by atoms with Gasteiger partial charge in [0.2, 0.25) is 11.8 Å². The number of carbonyl (C=O) groups is 3. The minimum absolute atomic E-state index is 0.0214. The number of phosphoric ester groups is 3. The van der Waals surface area contributed by atoms with E-state index in [1.165, 1.54) is 32.5 Å². The standard InChI is InChI=1S/C27H46N7O19P3S2/c1-26(2,21(39)24(40)30-5-4-15(35)29-6-7-58-17(57)9-27(3,41)8-16(36)37)11-50-56(47,48)53-55(45,46)49-10-14-20(52-54(42,43)44)19(38)25(51-14)34-13-33-18-22(28)31-12-32-23(18)34/h12-14,17,19-21,25,38-39,41,57H,4-11H2,1-3H3,(H,29,35)(H,30,40)(H,36,37)(H,45,46)(H,47,48)(H2,28,31,32)(H2,42,43,44). The number of hydrogen-bond acceptors (Lipinski definition) is 20. The number of anilines is 1. The zero-order valence-electron chi connectivity index (χ0n) is 30.9. The fraction of sp³-hybridized carbons (Fsp3) is 0.704. The van der Waals surface area contributed by atoms with Crippen molar-refractivity contribution < 1.29 is 90.7 Å². The van der Waals surface area contributed by atoms with Gasteiger partial charge in [-0.3, -0.25) is 32.5 Å². The first-order valence-corrected chi connectivity index (χ1v) is 22.8. The molecule has 330 valence electrons. The average molecular weight is 930 g/mol. The molecule has 58 heavy (non-hydrogen) atoms. The number of rotatable bonds is 24. The van der Waals surface area contributed by atoms with Crippen molar-refractivity contribution in [3.05, 3.63) is 12.7 Å². The Labute approximate surface area is 339 Å². The predicted octanol–water partition coefficient (Wildman–Crippen LogP) is -0.990. The smallest absolute Gasteiger partial charge is 0.481 e. The molecule has 9 atom stereocenters. The maximum atomic E-state index is 12.7. The largest absolute Gasteiger partial charge is 0.481 e. The second-order valence-corrected chi connectivity index (χ2v) is 20.2. The number of thioether (sulfide) groups is 1. The Morgan fingerprint density at radius 1 is 1.07 bits per heavy atom. The number of aliphatic hydroxyl groups is 3. The molecule has 1 aliphatic rings. The summed E-state index contributed by atoms with van der Waals surface area (Å²) in [6, 6.07) is 0. The molecule has 0 spiro atoms. The summed E-state index contributed by atoms with van der Waals surface area (Å²) < 4.78 is 61.7. The van der Waals surface area contributed by atoms with Crippen LogP contribution in [0.2, 0.25) is 0 Å². The Kier molecular flexibility index (Phi) is 17.7. The molecule has 3 heterocycles. The van der Waals surface area contributed by atoms with Crippen LogP contribution >= 0.6 is 47.9 Å². The van der Waals surface area contributed by atoms with Crippen LogP contribution in [0.3, 0.4) is 0 Å². The van der Waals surface area contributed by atoms with Crippen molar-refractivity contribution >= 4 is 82.6 Å². The van der Waals surface area contributed by atoms with Gasteiger partial charge in [-0.25, -0.2) is 28.6 Å². The molecule has 31 heteroatoms. The minimum Gasteiger partial charge on any atom is -0.481 e. The van der Waals surface area contributed by atoms with E-state index in [4.69, 9.17) is 24.6 Å². The lowest BCUT2D eigenvalue weighted by Crippen LogP contribution is -2.46. The molecule has 0 aliphatic carbocycles. The Morgan fingerprint density at radius 3 is 2.36 bits per heavy atom. The van der Waals surface area contributed by atoms with Crippen LogP contribution in [-0.2, 0) is 50.7 Å². The molecular formula is C27H46N7O19P3S2. The van der Waals surface area contributed by atoms with Crippen molar-refractivity contribution in [1.82, 2.24) is 30.2 Å². The van der Waals surface area contributed by atoms with E-state index in [2.05, 4.69) is 47.0 Å². The van der Waals surface area contributed by atoms with Crippen molar-refractivity contribution in [3.63, 3.8) is 0 Å². The van der Waals surface area contributed by atoms with Crippen LogP contribution in [0.4, 0.5) is 5.82 Å². The van der Waals surface area contributed by atoms with E-state index in [0.717, 1.165) is 17.2 Å². The summed E-state index contributed by atoms with van der Waals surface area (Å²) in [7, 11) is -16.4. The van der Waals surface area contributed by atoms with Crippen LogP contribution in [0.25, 0.3) is 11.2 Å². The maximum Gasteiger partial charge on any atom is 0.481 e. The summed E-state index contributed by atoms with van der Waals surface area (Å²) in [4.78, 5) is 86.5. The third-order valence-corrected chi connectivity index (χ3v) is 12.7. The highest BCUT2D eigenvalue weighted by atomic mass is 32.2. The number of carbonyl (C=O) groups excluding carboxylic acids is 2. The summed E-state index contributed by atoms with van der Waals surface area (Å²) in [5, 5.41) is 45.3. The number of amides is 2. The van der Waals surface area contributed by atoms with Crippen molar-refractivity contribution in [2.45, 2.75) is 80.9 Å². The van der Waals surface area contributed by atoms with Gasteiger partial charge in [0, 0.05) is 35.3 Å². The van der Waals surface area contributed by atoms with E-state index >= 15 is 0 Å². The van der Waals surface area contributed by atoms with Gasteiger partial charge in [0.25, 0.3) is 0 Å². The molecule has 1 saturated heterocycles. The average Bonchev–Trinajstić information content (AvgIpc) is 3.63. The number of thiol groups is 1. The second kappa shape index (κ2) is 20.5. The highest BCUT2D eigenvalue weighted by molar-refractivity contribution is 8.10. The van der Waals surface area contributed by atoms with E-state index in [0.29, 0.717) is 5.75 Å². The topological polar surface area (TPSA) is 404 Å². The van der Waals surface area contributed by atoms with Crippen LogP contribution in [0, 0.1) is 5.41 Å². The van der Waals surface area contributed by atoms with Gasteiger partial charge < -0.3 is 61.1 Å². The highest BCUT2D eigenvalue weighted by Crippen LogP contribution is 2.61. The number of nitrogen functional groups attached to an aromatic ring is 1. The molecule has 0 radical (unpaired) electrons. The molecular weight excluding hydrogens is 883 g/mol. The van der Waals surface area contributed by atoms with E-state index in [-0.39, 0.29) is 42.9 Å². The Balaban J connectivity index is 1.47. The number of nitrogens with two attached hydrogens (primary N) is 1. The molecule has 9 unspecified atom stereocenters. The van der Waals surface area contributed by atoms with Gasteiger partial charge in [0.15, 0.2) is 17.7 Å². The number of ether oxygens (including phenoxy) is 1. The molecule has 0 saturated carbocycles. The van der Waals surface area contributed by atoms with Gasteiger partial charge in [-0.05, 0) is 13.3 Å². The lowest BCUT2D eigenvalue weighted by atomic mass is 9.87. The summed E-state index contributed by atoms with van der Waals surface area (Å²) >= 11 is 5.58. The summed E-state index contributed by atoms with van der Waals surface area (Å²) in [5.41, 5.74) is 2.76. The molecule has 3 rings (SSSR count). The van der Waals surface area contributed by atoms with Crippen LogP contribution < -0.4 is 16.4 Å². The normalized spacial score (nSPS) is 23.0. The summed E-state index contributed by atoms with van der Waals surface area (Å²) in [5.74, 6) is -2.29. The number of carboxylic acids is 1. The number of imidazole rings is 1. The second-order valence-electron chi connectivity index (χ2n) is 13.7. The first-order valence-electron chi connectivity index (χ1n) is 16.7. The Hall–Kier alpha value is -2.33. The zero-order valence-corrected chi connectivity index (χ0v) is 35.3. The molecule has 2 aromatic heterocycles. The number of hydrogen-bond donors (Lipinski definition) is 12. The van der Waals surface area contributed by atoms with E-state index < -0.39 is 107 Å². The van der Waals surface area contributed by atoms with Gasteiger partial charge in [-0.1, -0.05) is 13.8 Å². The Morgan fingerprint density at radius 2 is 1.72 bits per heavy atom. The Bertz CT molecular complexity index is 1900. The third-order valence-electron chi connectivity index (χ3n) is 7.96. The highest BCUT2D eigenvalue weighted by Gasteiger charge is 2.50. The van der Waals surface area contributed by atoms with Crippen LogP contribution in [0.5, 0.6) is 0 Å². The SMILES string of the molecule is CC(O)(CC(=O)O)CC(S)SCCNC(=O)CCNC(=O)C(O)C(C)(C)COP(=O)(O)OP(=O)(O)OCC1OC(n2cnc3c(N)ncnc32)C(O)C1OP(=O)(O)O. The molecule has 0 bridgehead atoms. The van der Waals surface area contributed by atoms with Crippen LogP contribution in [-0.4, -0.2) is 144 Å². The van der Waals surface area contributed by atoms with Crippen molar-refractivity contribution in [2.24, 2.45) is 5.41 Å². The molecule has 0 aromatic carbocycles. The van der Waals surface area contributed by atoms with Crippen LogP contribution in [0.1, 0.15) is 46.3 Å². The summed E-state index contributed by atoms with van der Waals surface area (Å²) in [6.07, 6.45) is -7.40. The number of fused-ring (bicyclic) bond motifs is 1.